The van der Waals surface area contributed by atoms with E-state index >= 15 is 0 Å². The third kappa shape index (κ3) is 7.25. The lowest BCUT2D eigenvalue weighted by Gasteiger charge is -2.29. The van der Waals surface area contributed by atoms with E-state index in [9.17, 15) is 9.59 Å². The van der Waals surface area contributed by atoms with Gasteiger partial charge in [-0.15, -0.1) is 0 Å². The van der Waals surface area contributed by atoms with E-state index in [-0.39, 0.29) is 23.8 Å². The average Bonchev–Trinajstić information content (AvgIpc) is 2.75. The summed E-state index contributed by atoms with van der Waals surface area (Å²) in [6.07, 6.45) is 1.72. The fourth-order valence-electron chi connectivity index (χ4n) is 3.40. The van der Waals surface area contributed by atoms with Crippen molar-refractivity contribution in [1.82, 2.24) is 10.2 Å². The zero-order valence-electron chi connectivity index (χ0n) is 19.7. The van der Waals surface area contributed by atoms with Crippen LogP contribution in [0, 0.1) is 0 Å². The normalized spacial score (nSPS) is 12.3. The highest BCUT2D eigenvalue weighted by atomic mass is 35.5. The van der Waals surface area contributed by atoms with Crippen LogP contribution in [0.2, 0.25) is 10.0 Å². The maximum atomic E-state index is 13.2. The first-order valence-corrected chi connectivity index (χ1v) is 11.9. The predicted octanol–water partition coefficient (Wildman–Crippen LogP) is 6.17. The molecular weight excluding hydrogens is 443 g/mol. The number of nitrogens with one attached hydrogen (secondary N) is 1. The van der Waals surface area contributed by atoms with Gasteiger partial charge in [-0.2, -0.15) is 0 Å². The minimum Gasteiger partial charge on any atom is -0.354 e. The van der Waals surface area contributed by atoms with Crippen LogP contribution >= 0.6 is 23.2 Å². The van der Waals surface area contributed by atoms with Crippen LogP contribution in [0.3, 0.4) is 0 Å². The smallest absolute Gasteiger partial charge is 0.242 e. The molecule has 6 heteroatoms. The first-order valence-electron chi connectivity index (χ1n) is 11.1. The zero-order valence-corrected chi connectivity index (χ0v) is 21.2. The number of nitrogens with zero attached hydrogens (tertiary/aromatic N) is 1. The molecule has 0 spiro atoms. The van der Waals surface area contributed by atoms with Crippen LogP contribution in [0.1, 0.15) is 64.2 Å². The van der Waals surface area contributed by atoms with Gasteiger partial charge < -0.3 is 10.2 Å². The van der Waals surface area contributed by atoms with Crippen molar-refractivity contribution < 1.29 is 9.59 Å². The topological polar surface area (TPSA) is 49.4 Å². The summed E-state index contributed by atoms with van der Waals surface area (Å²) in [7, 11) is 0. The molecule has 1 N–H and O–H groups in total. The largest absolute Gasteiger partial charge is 0.354 e. The first-order chi connectivity index (χ1) is 15.0. The number of hydrogen-bond donors (Lipinski definition) is 1. The van der Waals surface area contributed by atoms with Gasteiger partial charge in [0.25, 0.3) is 0 Å². The second-order valence-corrected chi connectivity index (χ2v) is 9.95. The monoisotopic (exact) mass is 476 g/mol. The molecule has 4 nitrogen and oxygen atoms in total. The Morgan fingerprint density at radius 1 is 1.03 bits per heavy atom. The molecule has 0 radical (unpaired) electrons. The molecule has 0 aliphatic rings. The molecule has 0 aliphatic carbocycles. The van der Waals surface area contributed by atoms with E-state index in [1.165, 1.54) is 5.56 Å². The standard InChI is InChI=1S/C26H34Cl2N2O2/c1-6-16-29-25(32)18(2)30(17-21-22(27)8-7-9-23(21)28)24(31)15-12-19-10-13-20(14-11-19)26(3,4)5/h7-11,13-14,18H,6,12,15-17H2,1-5H3,(H,29,32)/t18-/m0/s1. The van der Waals surface area contributed by atoms with E-state index in [4.69, 9.17) is 23.2 Å². The SMILES string of the molecule is CCCNC(=O)[C@H](C)N(Cc1c(Cl)cccc1Cl)C(=O)CCc1ccc(C(C)(C)C)cc1. The third-order valence-corrected chi connectivity index (χ3v) is 6.26. The van der Waals surface area contributed by atoms with Crippen LogP contribution in [-0.4, -0.2) is 29.3 Å². The van der Waals surface area contributed by atoms with Crippen molar-refractivity contribution in [3.63, 3.8) is 0 Å². The van der Waals surface area contributed by atoms with Crippen molar-refractivity contribution in [3.05, 3.63) is 69.2 Å². The molecule has 0 bridgehead atoms. The number of benzene rings is 2. The minimum atomic E-state index is -0.635. The molecular formula is C26H34Cl2N2O2. The van der Waals surface area contributed by atoms with E-state index in [1.807, 2.05) is 6.92 Å². The molecule has 0 unspecified atom stereocenters. The summed E-state index contributed by atoms with van der Waals surface area (Å²) in [5.74, 6) is -0.294. The summed E-state index contributed by atoms with van der Waals surface area (Å²) in [6.45, 7) is 11.0. The van der Waals surface area contributed by atoms with Crippen molar-refractivity contribution in [2.24, 2.45) is 0 Å². The molecule has 1 atom stereocenters. The molecule has 174 valence electrons. The Balaban J connectivity index is 2.18. The highest BCUT2D eigenvalue weighted by Crippen LogP contribution is 2.27. The van der Waals surface area contributed by atoms with Gasteiger partial charge in [-0.3, -0.25) is 9.59 Å². The van der Waals surface area contributed by atoms with Crippen LogP contribution in [0.15, 0.2) is 42.5 Å². The third-order valence-electron chi connectivity index (χ3n) is 5.55. The lowest BCUT2D eigenvalue weighted by Crippen LogP contribution is -2.47. The lowest BCUT2D eigenvalue weighted by atomic mass is 9.86. The van der Waals surface area contributed by atoms with E-state index in [2.05, 4.69) is 50.4 Å². The molecule has 0 heterocycles. The van der Waals surface area contributed by atoms with Gasteiger partial charge in [0.05, 0.1) is 0 Å². The van der Waals surface area contributed by atoms with Gasteiger partial charge >= 0.3 is 0 Å². The van der Waals surface area contributed by atoms with Crippen molar-refractivity contribution in [2.75, 3.05) is 6.54 Å². The average molecular weight is 477 g/mol. The molecule has 32 heavy (non-hydrogen) atoms. The molecule has 0 aromatic heterocycles. The van der Waals surface area contributed by atoms with Gasteiger partial charge in [-0.05, 0) is 48.4 Å². The predicted molar refractivity (Wildman–Crippen MR) is 133 cm³/mol. The number of aryl methyl sites for hydroxylation is 1. The number of hydrogen-bond acceptors (Lipinski definition) is 2. The maximum Gasteiger partial charge on any atom is 0.242 e. The van der Waals surface area contributed by atoms with Crippen LogP contribution < -0.4 is 5.32 Å². The summed E-state index contributed by atoms with van der Waals surface area (Å²) in [6, 6.07) is 13.0. The Hall–Kier alpha value is -2.04. The van der Waals surface area contributed by atoms with Crippen molar-refractivity contribution in [1.29, 1.82) is 0 Å². The number of amides is 2. The highest BCUT2D eigenvalue weighted by Gasteiger charge is 2.27. The van der Waals surface area contributed by atoms with Crippen molar-refractivity contribution >= 4 is 35.0 Å². The number of carbonyl (C=O) groups excluding carboxylic acids is 2. The van der Waals surface area contributed by atoms with Crippen LogP contribution in [0.4, 0.5) is 0 Å². The van der Waals surface area contributed by atoms with Gasteiger partial charge in [-0.1, -0.05) is 81.2 Å². The summed E-state index contributed by atoms with van der Waals surface area (Å²) in [5.41, 5.74) is 3.07. The van der Waals surface area contributed by atoms with E-state index in [1.54, 1.807) is 30.0 Å². The molecule has 0 aliphatic heterocycles. The van der Waals surface area contributed by atoms with Gasteiger partial charge in [0, 0.05) is 35.1 Å². The van der Waals surface area contributed by atoms with E-state index in [0.29, 0.717) is 35.0 Å². The fourth-order valence-corrected chi connectivity index (χ4v) is 3.92. The quantitative estimate of drug-likeness (QED) is 0.470. The van der Waals surface area contributed by atoms with Crippen molar-refractivity contribution in [3.8, 4) is 0 Å². The Labute approximate surface area is 202 Å². The molecule has 0 fully saturated rings. The minimum absolute atomic E-state index is 0.0840. The van der Waals surface area contributed by atoms with Crippen LogP contribution in [-0.2, 0) is 28.0 Å². The number of carbonyl (C=O) groups is 2. The van der Waals surface area contributed by atoms with E-state index < -0.39 is 6.04 Å². The molecule has 2 aromatic carbocycles. The summed E-state index contributed by atoms with van der Waals surface area (Å²) in [4.78, 5) is 27.5. The number of halogens is 2. The highest BCUT2D eigenvalue weighted by molar-refractivity contribution is 6.36. The van der Waals surface area contributed by atoms with Gasteiger partial charge in [-0.25, -0.2) is 0 Å². The van der Waals surface area contributed by atoms with Gasteiger partial charge in [0.15, 0.2) is 0 Å². The summed E-state index contributed by atoms with van der Waals surface area (Å²) in [5, 5.41) is 3.84. The Morgan fingerprint density at radius 3 is 2.16 bits per heavy atom. The summed E-state index contributed by atoms with van der Waals surface area (Å²) < 4.78 is 0. The fraction of sp³-hybridized carbons (Fsp3) is 0.462. The van der Waals surface area contributed by atoms with E-state index in [0.717, 1.165) is 12.0 Å². The molecule has 2 rings (SSSR count). The summed E-state index contributed by atoms with van der Waals surface area (Å²) >= 11 is 12.7. The first kappa shape index (κ1) is 26.2. The second-order valence-electron chi connectivity index (χ2n) is 9.14. The second kappa shape index (κ2) is 11.7. The molecule has 0 saturated carbocycles. The van der Waals surface area contributed by atoms with Gasteiger partial charge in [0.2, 0.25) is 11.8 Å². The Bertz CT molecular complexity index is 900. The number of rotatable bonds is 9. The maximum absolute atomic E-state index is 13.2. The zero-order chi connectivity index (χ0) is 23.9. The molecule has 0 saturated heterocycles. The lowest BCUT2D eigenvalue weighted by molar-refractivity contribution is -0.140. The van der Waals surface area contributed by atoms with Gasteiger partial charge in [0.1, 0.15) is 6.04 Å². The van der Waals surface area contributed by atoms with Crippen LogP contribution in [0.25, 0.3) is 0 Å². The molecule has 2 amide bonds. The van der Waals surface area contributed by atoms with Crippen LogP contribution in [0.5, 0.6) is 0 Å². The Kier molecular flexibility index (Phi) is 9.60. The van der Waals surface area contributed by atoms with Crippen molar-refractivity contribution in [2.45, 2.75) is 71.9 Å². The molecule has 2 aromatic rings. The Morgan fingerprint density at radius 2 is 1.62 bits per heavy atom.